The Hall–Kier alpha value is -2.60. The largest absolute Gasteiger partial charge is 0.379 e. The maximum absolute atomic E-state index is 12.3. The molecular weight excluding hydrogens is 280 g/mol. The number of anilines is 1. The second kappa shape index (κ2) is 5.31. The van der Waals surface area contributed by atoms with Crippen molar-refractivity contribution >= 4 is 22.5 Å². The summed E-state index contributed by atoms with van der Waals surface area (Å²) in [6.45, 7) is 1.45. The number of aromatic nitrogens is 3. The summed E-state index contributed by atoms with van der Waals surface area (Å²) in [5.74, 6) is -0.134. The molecule has 112 valence electrons. The molecule has 0 radical (unpaired) electrons. The first kappa shape index (κ1) is 13.1. The van der Waals surface area contributed by atoms with E-state index in [1.54, 1.807) is 6.20 Å². The van der Waals surface area contributed by atoms with Gasteiger partial charge in [-0.05, 0) is 30.7 Å². The van der Waals surface area contributed by atoms with Crippen LogP contribution in [0.25, 0.3) is 10.9 Å². The number of carbonyl (C=O) groups excluding carboxylic acids is 1. The summed E-state index contributed by atoms with van der Waals surface area (Å²) in [6, 6.07) is 7.80. The zero-order valence-electron chi connectivity index (χ0n) is 12.0. The Bertz CT molecular complexity index is 814. The van der Waals surface area contributed by atoms with Gasteiger partial charge in [0, 0.05) is 35.5 Å². The van der Waals surface area contributed by atoms with Crippen LogP contribution in [0.1, 0.15) is 22.8 Å². The monoisotopic (exact) mass is 296 g/mol. The van der Waals surface area contributed by atoms with Crippen LogP contribution in [0.15, 0.2) is 42.9 Å². The van der Waals surface area contributed by atoms with Crippen LogP contribution in [0.3, 0.4) is 0 Å². The van der Waals surface area contributed by atoms with E-state index in [0.29, 0.717) is 17.9 Å². The molecule has 0 bridgehead atoms. The Balaban J connectivity index is 1.51. The third-order valence-corrected chi connectivity index (χ3v) is 3.95. The number of rotatable bonds is 3. The molecule has 1 saturated heterocycles. The lowest BCUT2D eigenvalue weighted by atomic mass is 10.1. The van der Waals surface area contributed by atoms with Crippen molar-refractivity contribution in [2.75, 3.05) is 18.5 Å². The Labute approximate surface area is 127 Å². The van der Waals surface area contributed by atoms with Gasteiger partial charge in [-0.15, -0.1) is 0 Å². The molecule has 0 saturated carbocycles. The zero-order chi connectivity index (χ0) is 14.9. The molecular formula is C16H16N4O2. The number of aromatic amines is 1. The normalized spacial score (nSPS) is 17.9. The van der Waals surface area contributed by atoms with Gasteiger partial charge in [0.15, 0.2) is 0 Å². The SMILES string of the molecule is O=C(Nc1cnn([C@H]2CCOC2)c1)c1ccc2[nH]ccc2c1. The number of hydrogen-bond acceptors (Lipinski definition) is 3. The highest BCUT2D eigenvalue weighted by Gasteiger charge is 2.18. The van der Waals surface area contributed by atoms with Gasteiger partial charge in [-0.1, -0.05) is 0 Å². The zero-order valence-corrected chi connectivity index (χ0v) is 12.0. The van der Waals surface area contributed by atoms with E-state index in [1.165, 1.54) is 0 Å². The highest BCUT2D eigenvalue weighted by Crippen LogP contribution is 2.20. The van der Waals surface area contributed by atoms with Crippen molar-refractivity contribution in [1.29, 1.82) is 0 Å². The number of carbonyl (C=O) groups is 1. The quantitative estimate of drug-likeness (QED) is 0.780. The average molecular weight is 296 g/mol. The van der Waals surface area contributed by atoms with E-state index in [-0.39, 0.29) is 11.9 Å². The summed E-state index contributed by atoms with van der Waals surface area (Å²) in [5.41, 5.74) is 2.35. The number of ether oxygens (including phenoxy) is 1. The molecule has 3 heterocycles. The van der Waals surface area contributed by atoms with Crippen LogP contribution >= 0.6 is 0 Å². The lowest BCUT2D eigenvalue weighted by Gasteiger charge is -2.07. The van der Waals surface area contributed by atoms with E-state index in [9.17, 15) is 4.79 Å². The van der Waals surface area contributed by atoms with E-state index in [4.69, 9.17) is 4.74 Å². The molecule has 1 atom stereocenters. The predicted molar refractivity (Wildman–Crippen MR) is 83.0 cm³/mol. The first-order chi connectivity index (χ1) is 10.8. The second-order valence-electron chi connectivity index (χ2n) is 5.46. The molecule has 1 aliphatic heterocycles. The van der Waals surface area contributed by atoms with E-state index >= 15 is 0 Å². The minimum atomic E-state index is -0.134. The molecule has 0 spiro atoms. The molecule has 3 aromatic rings. The second-order valence-corrected chi connectivity index (χ2v) is 5.46. The van der Waals surface area contributed by atoms with E-state index in [2.05, 4.69) is 15.4 Å². The van der Waals surface area contributed by atoms with Gasteiger partial charge < -0.3 is 15.0 Å². The van der Waals surface area contributed by atoms with Gasteiger partial charge in [0.25, 0.3) is 5.91 Å². The van der Waals surface area contributed by atoms with Crippen LogP contribution in [0.2, 0.25) is 0 Å². The highest BCUT2D eigenvalue weighted by atomic mass is 16.5. The van der Waals surface area contributed by atoms with Crippen LogP contribution < -0.4 is 5.32 Å². The van der Waals surface area contributed by atoms with Crippen molar-refractivity contribution in [3.05, 3.63) is 48.4 Å². The molecule has 6 heteroatoms. The first-order valence-electron chi connectivity index (χ1n) is 7.30. The van der Waals surface area contributed by atoms with E-state index in [0.717, 1.165) is 23.9 Å². The van der Waals surface area contributed by atoms with Gasteiger partial charge in [0.1, 0.15) is 0 Å². The third kappa shape index (κ3) is 2.37. The topological polar surface area (TPSA) is 71.9 Å². The summed E-state index contributed by atoms with van der Waals surface area (Å²) < 4.78 is 7.21. The fraction of sp³-hybridized carbons (Fsp3) is 0.250. The van der Waals surface area contributed by atoms with Crippen molar-refractivity contribution in [2.45, 2.75) is 12.5 Å². The molecule has 1 aliphatic rings. The minimum absolute atomic E-state index is 0.134. The Morgan fingerprint density at radius 2 is 2.36 bits per heavy atom. The van der Waals surface area contributed by atoms with Crippen molar-refractivity contribution < 1.29 is 9.53 Å². The molecule has 1 aromatic carbocycles. The third-order valence-electron chi connectivity index (χ3n) is 3.95. The van der Waals surface area contributed by atoms with Crippen LogP contribution in [0.5, 0.6) is 0 Å². The molecule has 0 unspecified atom stereocenters. The summed E-state index contributed by atoms with van der Waals surface area (Å²) >= 11 is 0. The van der Waals surface area contributed by atoms with Gasteiger partial charge in [-0.2, -0.15) is 5.10 Å². The standard InChI is InChI=1S/C16H16N4O2/c21-16(12-1-2-15-11(7-12)3-5-17-15)19-13-8-18-20(9-13)14-4-6-22-10-14/h1-3,5,7-9,14,17H,4,6,10H2,(H,19,21)/t14-/m0/s1. The maximum Gasteiger partial charge on any atom is 0.255 e. The van der Waals surface area contributed by atoms with Crippen molar-refractivity contribution in [3.63, 3.8) is 0 Å². The number of nitrogens with zero attached hydrogens (tertiary/aromatic N) is 2. The number of nitrogens with one attached hydrogen (secondary N) is 2. The molecule has 1 amide bonds. The number of H-pyrrole nitrogens is 1. The molecule has 22 heavy (non-hydrogen) atoms. The molecule has 1 fully saturated rings. The predicted octanol–water partition coefficient (Wildman–Crippen LogP) is 2.58. The molecule has 0 aliphatic carbocycles. The Morgan fingerprint density at radius 1 is 1.41 bits per heavy atom. The Kier molecular flexibility index (Phi) is 3.16. The fourth-order valence-electron chi connectivity index (χ4n) is 2.73. The van der Waals surface area contributed by atoms with Gasteiger partial charge in [-0.25, -0.2) is 0 Å². The van der Waals surface area contributed by atoms with Crippen LogP contribution in [-0.4, -0.2) is 33.9 Å². The van der Waals surface area contributed by atoms with Gasteiger partial charge >= 0.3 is 0 Å². The molecule has 6 nitrogen and oxygen atoms in total. The van der Waals surface area contributed by atoms with Crippen LogP contribution in [0, 0.1) is 0 Å². The number of fused-ring (bicyclic) bond motifs is 1. The number of benzene rings is 1. The summed E-state index contributed by atoms with van der Waals surface area (Å²) in [6.07, 6.45) is 6.34. The van der Waals surface area contributed by atoms with Crippen molar-refractivity contribution in [1.82, 2.24) is 14.8 Å². The number of amides is 1. The molecule has 2 N–H and O–H groups in total. The maximum atomic E-state index is 12.3. The smallest absolute Gasteiger partial charge is 0.255 e. The summed E-state index contributed by atoms with van der Waals surface area (Å²) in [4.78, 5) is 15.4. The van der Waals surface area contributed by atoms with Crippen molar-refractivity contribution in [2.24, 2.45) is 0 Å². The summed E-state index contributed by atoms with van der Waals surface area (Å²) in [5, 5.41) is 8.21. The molecule has 2 aromatic heterocycles. The number of hydrogen-bond donors (Lipinski definition) is 2. The van der Waals surface area contributed by atoms with Gasteiger partial charge in [-0.3, -0.25) is 9.48 Å². The van der Waals surface area contributed by atoms with Crippen molar-refractivity contribution in [3.8, 4) is 0 Å². The van der Waals surface area contributed by atoms with E-state index < -0.39 is 0 Å². The lowest BCUT2D eigenvalue weighted by Crippen LogP contribution is -2.12. The van der Waals surface area contributed by atoms with Gasteiger partial charge in [0.05, 0.1) is 24.5 Å². The molecule has 4 rings (SSSR count). The minimum Gasteiger partial charge on any atom is -0.379 e. The fourth-order valence-corrected chi connectivity index (χ4v) is 2.73. The summed E-state index contributed by atoms with van der Waals surface area (Å²) in [7, 11) is 0. The van der Waals surface area contributed by atoms with Crippen LogP contribution in [0.4, 0.5) is 5.69 Å². The average Bonchev–Trinajstić information content (AvgIpc) is 3.27. The Morgan fingerprint density at radius 3 is 3.23 bits per heavy atom. The van der Waals surface area contributed by atoms with Gasteiger partial charge in [0.2, 0.25) is 0 Å². The highest BCUT2D eigenvalue weighted by molar-refractivity contribution is 6.06. The van der Waals surface area contributed by atoms with Crippen LogP contribution in [-0.2, 0) is 4.74 Å². The lowest BCUT2D eigenvalue weighted by molar-refractivity contribution is 0.102. The first-order valence-corrected chi connectivity index (χ1v) is 7.30. The van der Waals surface area contributed by atoms with E-state index in [1.807, 2.05) is 41.3 Å².